The van der Waals surface area contributed by atoms with Gasteiger partial charge in [-0.2, -0.15) is 0 Å². The van der Waals surface area contributed by atoms with E-state index < -0.39 is 0 Å². The second kappa shape index (κ2) is 6.16. The first kappa shape index (κ1) is 14.5. The minimum Gasteiger partial charge on any atom is -0.441 e. The quantitative estimate of drug-likeness (QED) is 0.924. The van der Waals surface area contributed by atoms with E-state index in [4.69, 9.17) is 4.42 Å². The van der Waals surface area contributed by atoms with Crippen LogP contribution < -0.4 is 5.32 Å². The molecule has 2 aliphatic rings. The molecule has 0 bridgehead atoms. The van der Waals surface area contributed by atoms with Crippen LogP contribution in [0, 0.1) is 5.92 Å². The summed E-state index contributed by atoms with van der Waals surface area (Å²) in [6.45, 7) is 3.13. The standard InChI is InChI=1S/C18H21N3O2/c22-18(14-7-4-9-19-11-14)21-10-8-16-15(12-21)20-17(23-16)13-5-2-1-3-6-13/h1-3,5-6,14,19H,4,7-12H2/t14-/m0/s1. The molecule has 0 saturated carbocycles. The van der Waals surface area contributed by atoms with Gasteiger partial charge in [0.1, 0.15) is 11.5 Å². The number of carbonyl (C=O) groups is 1. The lowest BCUT2D eigenvalue weighted by molar-refractivity contribution is -0.137. The van der Waals surface area contributed by atoms with Crippen LogP contribution in [0.4, 0.5) is 0 Å². The highest BCUT2D eigenvalue weighted by Gasteiger charge is 2.30. The molecule has 5 heteroatoms. The molecular formula is C18H21N3O2. The van der Waals surface area contributed by atoms with Crippen molar-refractivity contribution >= 4 is 5.91 Å². The van der Waals surface area contributed by atoms with E-state index >= 15 is 0 Å². The molecule has 0 aliphatic carbocycles. The molecule has 5 nitrogen and oxygen atoms in total. The van der Waals surface area contributed by atoms with Gasteiger partial charge in [-0.25, -0.2) is 4.98 Å². The largest absolute Gasteiger partial charge is 0.441 e. The van der Waals surface area contributed by atoms with Gasteiger partial charge in [0.25, 0.3) is 0 Å². The molecule has 1 fully saturated rings. The Labute approximate surface area is 135 Å². The lowest BCUT2D eigenvalue weighted by Gasteiger charge is -2.31. The number of oxazole rings is 1. The van der Waals surface area contributed by atoms with Gasteiger partial charge in [-0.05, 0) is 31.5 Å². The van der Waals surface area contributed by atoms with Crippen LogP contribution >= 0.6 is 0 Å². The fourth-order valence-electron chi connectivity index (χ4n) is 3.41. The Hall–Kier alpha value is -2.14. The van der Waals surface area contributed by atoms with Gasteiger partial charge >= 0.3 is 0 Å². The molecule has 120 valence electrons. The molecule has 1 aromatic carbocycles. The van der Waals surface area contributed by atoms with Gasteiger partial charge in [0.15, 0.2) is 0 Å². The first-order chi connectivity index (χ1) is 11.3. The molecule has 1 amide bonds. The number of aromatic nitrogens is 1. The van der Waals surface area contributed by atoms with Gasteiger partial charge in [-0.15, -0.1) is 0 Å². The monoisotopic (exact) mass is 311 g/mol. The summed E-state index contributed by atoms with van der Waals surface area (Å²) >= 11 is 0. The average molecular weight is 311 g/mol. The zero-order valence-corrected chi connectivity index (χ0v) is 13.1. The fourth-order valence-corrected chi connectivity index (χ4v) is 3.41. The summed E-state index contributed by atoms with van der Waals surface area (Å²) < 4.78 is 5.90. The first-order valence-corrected chi connectivity index (χ1v) is 8.35. The Morgan fingerprint density at radius 2 is 2.17 bits per heavy atom. The number of rotatable bonds is 2. The highest BCUT2D eigenvalue weighted by atomic mass is 16.4. The second-order valence-electron chi connectivity index (χ2n) is 6.31. The van der Waals surface area contributed by atoms with Crippen LogP contribution in [0.5, 0.6) is 0 Å². The Kier molecular flexibility index (Phi) is 3.87. The van der Waals surface area contributed by atoms with Gasteiger partial charge < -0.3 is 14.6 Å². The highest BCUT2D eigenvalue weighted by Crippen LogP contribution is 2.27. The maximum absolute atomic E-state index is 12.7. The number of benzene rings is 1. The van der Waals surface area contributed by atoms with Crippen LogP contribution in [0.25, 0.3) is 11.5 Å². The van der Waals surface area contributed by atoms with Gasteiger partial charge in [-0.3, -0.25) is 4.79 Å². The summed E-state index contributed by atoms with van der Waals surface area (Å²) in [6.07, 6.45) is 2.82. The Balaban J connectivity index is 1.51. The normalized spacial score (nSPS) is 21.0. The Bertz CT molecular complexity index is 690. The molecular weight excluding hydrogens is 290 g/mol. The molecule has 2 aliphatic heterocycles. The van der Waals surface area contributed by atoms with Crippen molar-refractivity contribution in [3.05, 3.63) is 41.8 Å². The summed E-state index contributed by atoms with van der Waals surface area (Å²) in [7, 11) is 0. The summed E-state index contributed by atoms with van der Waals surface area (Å²) in [5.41, 5.74) is 1.89. The highest BCUT2D eigenvalue weighted by molar-refractivity contribution is 5.79. The topological polar surface area (TPSA) is 58.4 Å². The molecule has 2 aromatic rings. The molecule has 0 unspecified atom stereocenters. The molecule has 1 N–H and O–H groups in total. The minimum absolute atomic E-state index is 0.116. The summed E-state index contributed by atoms with van der Waals surface area (Å²) in [5, 5.41) is 3.32. The van der Waals surface area contributed by atoms with Crippen LogP contribution in [0.15, 0.2) is 34.7 Å². The number of nitrogens with one attached hydrogen (secondary N) is 1. The number of amides is 1. The molecule has 23 heavy (non-hydrogen) atoms. The molecule has 0 spiro atoms. The van der Waals surface area contributed by atoms with E-state index in [1.165, 1.54) is 0 Å². The predicted octanol–water partition coefficient (Wildman–Crippen LogP) is 2.23. The van der Waals surface area contributed by atoms with Crippen LogP contribution in [-0.4, -0.2) is 35.4 Å². The van der Waals surface area contributed by atoms with Crippen LogP contribution in [0.2, 0.25) is 0 Å². The van der Waals surface area contributed by atoms with Crippen LogP contribution in [0.1, 0.15) is 24.3 Å². The molecule has 1 saturated heterocycles. The zero-order chi connectivity index (χ0) is 15.6. The van der Waals surface area contributed by atoms with Crippen molar-refractivity contribution in [3.8, 4) is 11.5 Å². The van der Waals surface area contributed by atoms with E-state index in [2.05, 4.69) is 10.3 Å². The number of carbonyl (C=O) groups excluding carboxylic acids is 1. The van der Waals surface area contributed by atoms with Crippen LogP contribution in [0.3, 0.4) is 0 Å². The van der Waals surface area contributed by atoms with Crippen molar-refractivity contribution in [1.82, 2.24) is 15.2 Å². The molecule has 1 atom stereocenters. The predicted molar refractivity (Wildman–Crippen MR) is 86.7 cm³/mol. The van der Waals surface area contributed by atoms with Crippen molar-refractivity contribution in [2.24, 2.45) is 5.92 Å². The Morgan fingerprint density at radius 1 is 1.30 bits per heavy atom. The third kappa shape index (κ3) is 2.88. The second-order valence-corrected chi connectivity index (χ2v) is 6.31. The van der Waals surface area contributed by atoms with Gasteiger partial charge in [-0.1, -0.05) is 18.2 Å². The van der Waals surface area contributed by atoms with Gasteiger partial charge in [0, 0.05) is 25.1 Å². The SMILES string of the molecule is O=C([C@H]1CCCNC1)N1CCc2oc(-c3ccccc3)nc2C1. The lowest BCUT2D eigenvalue weighted by Crippen LogP contribution is -2.44. The van der Waals surface area contributed by atoms with E-state index in [-0.39, 0.29) is 11.8 Å². The number of hydrogen-bond donors (Lipinski definition) is 1. The number of fused-ring (bicyclic) bond motifs is 1. The van der Waals surface area contributed by atoms with Gasteiger partial charge in [0.05, 0.1) is 12.5 Å². The third-order valence-electron chi connectivity index (χ3n) is 4.71. The minimum atomic E-state index is 0.116. The van der Waals surface area contributed by atoms with Crippen molar-refractivity contribution in [3.63, 3.8) is 0 Å². The van der Waals surface area contributed by atoms with E-state index in [0.717, 1.165) is 55.9 Å². The van der Waals surface area contributed by atoms with Crippen molar-refractivity contribution in [1.29, 1.82) is 0 Å². The van der Waals surface area contributed by atoms with E-state index in [9.17, 15) is 4.79 Å². The third-order valence-corrected chi connectivity index (χ3v) is 4.71. The maximum atomic E-state index is 12.7. The summed E-state index contributed by atoms with van der Waals surface area (Å²) in [6, 6.07) is 9.92. The maximum Gasteiger partial charge on any atom is 0.227 e. The van der Waals surface area contributed by atoms with Crippen molar-refractivity contribution < 1.29 is 9.21 Å². The van der Waals surface area contributed by atoms with Gasteiger partial charge in [0.2, 0.25) is 11.8 Å². The molecule has 0 radical (unpaired) electrons. The Morgan fingerprint density at radius 3 is 2.96 bits per heavy atom. The number of hydrogen-bond acceptors (Lipinski definition) is 4. The van der Waals surface area contributed by atoms with E-state index in [0.29, 0.717) is 12.4 Å². The van der Waals surface area contributed by atoms with Crippen molar-refractivity contribution in [2.45, 2.75) is 25.8 Å². The molecule has 3 heterocycles. The number of piperidine rings is 1. The first-order valence-electron chi connectivity index (χ1n) is 8.35. The van der Waals surface area contributed by atoms with Crippen molar-refractivity contribution in [2.75, 3.05) is 19.6 Å². The lowest BCUT2D eigenvalue weighted by atomic mass is 9.97. The molecule has 4 rings (SSSR count). The van der Waals surface area contributed by atoms with E-state index in [1.54, 1.807) is 0 Å². The van der Waals surface area contributed by atoms with Crippen LogP contribution in [-0.2, 0) is 17.8 Å². The summed E-state index contributed by atoms with van der Waals surface area (Å²) in [5.74, 6) is 1.96. The average Bonchev–Trinajstić information content (AvgIpc) is 3.06. The zero-order valence-electron chi connectivity index (χ0n) is 13.1. The smallest absolute Gasteiger partial charge is 0.227 e. The van der Waals surface area contributed by atoms with E-state index in [1.807, 2.05) is 35.2 Å². The molecule has 1 aromatic heterocycles. The summed E-state index contributed by atoms with van der Waals surface area (Å²) in [4.78, 5) is 19.2. The fraction of sp³-hybridized carbons (Fsp3) is 0.444. The number of nitrogens with zero attached hydrogens (tertiary/aromatic N) is 2.